The lowest BCUT2D eigenvalue weighted by atomic mass is 10.2. The molecular formula is C15H17N5O2S. The molecule has 0 fully saturated rings. The van der Waals surface area contributed by atoms with E-state index in [1.165, 1.54) is 10.4 Å². The lowest BCUT2D eigenvalue weighted by Crippen LogP contribution is -2.37. The summed E-state index contributed by atoms with van der Waals surface area (Å²) in [5, 5.41) is 17.2. The molecule has 1 amide bonds. The molecule has 3 aromatic rings. The number of hydrogen-bond donors (Lipinski definition) is 2. The number of aromatic nitrogens is 4. The number of nitrogens with zero attached hydrogens (tertiary/aromatic N) is 4. The number of amides is 1. The third kappa shape index (κ3) is 2.29. The Balaban J connectivity index is 1.78. The molecule has 8 heteroatoms. The second-order valence-corrected chi connectivity index (χ2v) is 6.83. The molecule has 0 saturated carbocycles. The van der Waals surface area contributed by atoms with Crippen LogP contribution in [-0.2, 0) is 12.8 Å². The molecule has 0 bridgehead atoms. The minimum Gasteiger partial charge on any atom is -0.394 e. The smallest absolute Gasteiger partial charge is 0.291 e. The normalized spacial score (nSPS) is 15.2. The first-order chi connectivity index (χ1) is 11.2. The maximum atomic E-state index is 12.3. The number of carbonyl (C=O) groups is 1. The highest BCUT2D eigenvalue weighted by Crippen LogP contribution is 2.37. The van der Waals surface area contributed by atoms with Gasteiger partial charge in [0.15, 0.2) is 5.65 Å². The zero-order chi connectivity index (χ0) is 16.0. The summed E-state index contributed by atoms with van der Waals surface area (Å²) >= 11 is 1.71. The molecule has 1 atom stereocenters. The van der Waals surface area contributed by atoms with Crippen molar-refractivity contribution in [1.82, 2.24) is 24.9 Å². The van der Waals surface area contributed by atoms with E-state index in [2.05, 4.69) is 20.4 Å². The molecule has 1 aliphatic carbocycles. The molecular weight excluding hydrogens is 314 g/mol. The Morgan fingerprint density at radius 2 is 2.39 bits per heavy atom. The van der Waals surface area contributed by atoms with Crippen LogP contribution in [-0.4, -0.2) is 43.2 Å². The van der Waals surface area contributed by atoms with Crippen molar-refractivity contribution in [3.63, 3.8) is 0 Å². The van der Waals surface area contributed by atoms with Gasteiger partial charge in [-0.25, -0.2) is 14.5 Å². The number of fused-ring (bicyclic) bond motifs is 5. The van der Waals surface area contributed by atoms with Crippen molar-refractivity contribution in [3.05, 3.63) is 22.6 Å². The van der Waals surface area contributed by atoms with Gasteiger partial charge in [-0.1, -0.05) is 6.92 Å². The number of rotatable bonds is 4. The summed E-state index contributed by atoms with van der Waals surface area (Å²) in [5.74, 6) is -0.251. The summed E-state index contributed by atoms with van der Waals surface area (Å²) in [6.45, 7) is 1.81. The average Bonchev–Trinajstić information content (AvgIpc) is 3.24. The molecule has 0 spiro atoms. The van der Waals surface area contributed by atoms with E-state index in [1.807, 2.05) is 6.92 Å². The topological polar surface area (TPSA) is 92.4 Å². The molecule has 0 unspecified atom stereocenters. The Bertz CT molecular complexity index is 896. The lowest BCUT2D eigenvalue weighted by Gasteiger charge is -2.11. The van der Waals surface area contributed by atoms with Crippen LogP contribution in [0.5, 0.6) is 0 Å². The molecule has 0 aliphatic heterocycles. The van der Waals surface area contributed by atoms with Gasteiger partial charge in [-0.05, 0) is 31.2 Å². The number of thiophene rings is 1. The molecule has 7 nitrogen and oxygen atoms in total. The van der Waals surface area contributed by atoms with Crippen molar-refractivity contribution in [1.29, 1.82) is 0 Å². The van der Waals surface area contributed by atoms with Gasteiger partial charge in [0.2, 0.25) is 5.82 Å². The van der Waals surface area contributed by atoms with Crippen LogP contribution in [0.1, 0.15) is 40.8 Å². The molecule has 1 aliphatic rings. The first-order valence-electron chi connectivity index (χ1n) is 7.78. The van der Waals surface area contributed by atoms with Gasteiger partial charge in [0.1, 0.15) is 11.2 Å². The standard InChI is InChI=1S/C15H17N5O2S/c1-2-8(6-21)17-14(22)12-18-13-11-9-4-3-5-10(9)23-15(11)16-7-20(13)19-12/h7-8,21H,2-6H2,1H3,(H,17,22)/t8-/m0/s1. The average molecular weight is 331 g/mol. The molecule has 3 aromatic heterocycles. The molecule has 0 saturated heterocycles. The highest BCUT2D eigenvalue weighted by molar-refractivity contribution is 7.19. The van der Waals surface area contributed by atoms with Crippen LogP contribution in [0.3, 0.4) is 0 Å². The van der Waals surface area contributed by atoms with Crippen LogP contribution in [0, 0.1) is 0 Å². The number of aliphatic hydroxyl groups excluding tert-OH is 1. The van der Waals surface area contributed by atoms with Gasteiger partial charge in [0.05, 0.1) is 18.0 Å². The van der Waals surface area contributed by atoms with E-state index in [0.717, 1.165) is 29.5 Å². The van der Waals surface area contributed by atoms with Crippen LogP contribution in [0.4, 0.5) is 0 Å². The minimum atomic E-state index is -0.366. The number of aliphatic hydroxyl groups is 1. The Morgan fingerprint density at radius 3 is 3.17 bits per heavy atom. The maximum absolute atomic E-state index is 12.3. The van der Waals surface area contributed by atoms with Gasteiger partial charge in [-0.2, -0.15) is 0 Å². The minimum absolute atomic E-state index is 0.0978. The van der Waals surface area contributed by atoms with Gasteiger partial charge in [0.25, 0.3) is 5.91 Å². The predicted molar refractivity (Wildman–Crippen MR) is 86.8 cm³/mol. The summed E-state index contributed by atoms with van der Waals surface area (Å²) < 4.78 is 1.57. The maximum Gasteiger partial charge on any atom is 0.291 e. The van der Waals surface area contributed by atoms with E-state index in [0.29, 0.717) is 12.1 Å². The summed E-state index contributed by atoms with van der Waals surface area (Å²) in [6, 6.07) is -0.280. The lowest BCUT2D eigenvalue weighted by molar-refractivity contribution is 0.0904. The fourth-order valence-corrected chi connectivity index (χ4v) is 4.24. The summed E-state index contributed by atoms with van der Waals surface area (Å²) in [5.41, 5.74) is 2.00. The van der Waals surface area contributed by atoms with Crippen LogP contribution in [0.2, 0.25) is 0 Å². The predicted octanol–water partition coefficient (Wildman–Crippen LogP) is 1.33. The Hall–Kier alpha value is -2.06. The number of hydrogen-bond acceptors (Lipinski definition) is 6. The summed E-state index contributed by atoms with van der Waals surface area (Å²) in [4.78, 5) is 23.5. The van der Waals surface area contributed by atoms with Crippen LogP contribution in [0.25, 0.3) is 15.9 Å². The molecule has 3 heterocycles. The van der Waals surface area contributed by atoms with Gasteiger partial charge in [-0.15, -0.1) is 16.4 Å². The van der Waals surface area contributed by atoms with E-state index >= 15 is 0 Å². The van der Waals surface area contributed by atoms with Crippen molar-refractivity contribution >= 4 is 33.1 Å². The molecule has 2 N–H and O–H groups in total. The van der Waals surface area contributed by atoms with Crippen molar-refractivity contribution in [2.24, 2.45) is 0 Å². The number of nitrogens with one attached hydrogen (secondary N) is 1. The SMILES string of the molecule is CC[C@@H](CO)NC(=O)c1nc2c3c4c(sc3ncn2n1)CCC4. The molecule has 0 radical (unpaired) electrons. The fourth-order valence-electron chi connectivity index (χ4n) is 3.02. The first-order valence-corrected chi connectivity index (χ1v) is 8.60. The monoisotopic (exact) mass is 331 g/mol. The Labute approximate surface area is 136 Å². The van der Waals surface area contributed by atoms with E-state index in [9.17, 15) is 9.90 Å². The Morgan fingerprint density at radius 1 is 1.52 bits per heavy atom. The molecule has 4 rings (SSSR count). The second kappa shape index (κ2) is 5.54. The zero-order valence-corrected chi connectivity index (χ0v) is 13.6. The first kappa shape index (κ1) is 14.5. The summed E-state index contributed by atoms with van der Waals surface area (Å²) in [7, 11) is 0. The van der Waals surface area contributed by atoms with E-state index in [4.69, 9.17) is 0 Å². The summed E-state index contributed by atoms with van der Waals surface area (Å²) in [6.07, 6.45) is 5.55. The van der Waals surface area contributed by atoms with Gasteiger partial charge in [0, 0.05) is 4.88 Å². The van der Waals surface area contributed by atoms with Crippen molar-refractivity contribution in [2.45, 2.75) is 38.6 Å². The quantitative estimate of drug-likeness (QED) is 0.752. The number of aryl methyl sites for hydroxylation is 2. The van der Waals surface area contributed by atoms with Crippen LogP contribution < -0.4 is 5.32 Å². The van der Waals surface area contributed by atoms with Crippen LogP contribution in [0.15, 0.2) is 6.33 Å². The van der Waals surface area contributed by atoms with Crippen molar-refractivity contribution in [2.75, 3.05) is 6.61 Å². The molecule has 0 aromatic carbocycles. The van der Waals surface area contributed by atoms with E-state index < -0.39 is 0 Å². The van der Waals surface area contributed by atoms with Gasteiger partial charge in [-0.3, -0.25) is 4.79 Å². The molecule has 120 valence electrons. The zero-order valence-electron chi connectivity index (χ0n) is 12.7. The Kier molecular flexibility index (Phi) is 3.50. The third-order valence-electron chi connectivity index (χ3n) is 4.29. The third-order valence-corrected chi connectivity index (χ3v) is 5.49. The van der Waals surface area contributed by atoms with Crippen molar-refractivity contribution in [3.8, 4) is 0 Å². The largest absolute Gasteiger partial charge is 0.394 e. The highest BCUT2D eigenvalue weighted by Gasteiger charge is 2.23. The second-order valence-electron chi connectivity index (χ2n) is 5.75. The van der Waals surface area contributed by atoms with Crippen molar-refractivity contribution < 1.29 is 9.90 Å². The fraction of sp³-hybridized carbons (Fsp3) is 0.467. The van der Waals surface area contributed by atoms with Gasteiger partial charge < -0.3 is 10.4 Å². The highest BCUT2D eigenvalue weighted by atomic mass is 32.1. The number of carbonyl (C=O) groups excluding carboxylic acids is 1. The van der Waals surface area contributed by atoms with Gasteiger partial charge >= 0.3 is 0 Å². The van der Waals surface area contributed by atoms with E-state index in [-0.39, 0.29) is 24.4 Å². The van der Waals surface area contributed by atoms with E-state index in [1.54, 1.807) is 22.2 Å². The molecule has 23 heavy (non-hydrogen) atoms. The van der Waals surface area contributed by atoms with Crippen LogP contribution >= 0.6 is 11.3 Å².